The highest BCUT2D eigenvalue weighted by molar-refractivity contribution is 7.98. The SMILES string of the molecule is COc1c(/C(C)=C/C(=O)Nc2cccc(SC)c2)cc2c(C)c(C)oc2c1C. The van der Waals surface area contributed by atoms with Crippen LogP contribution in [0.2, 0.25) is 0 Å². The maximum absolute atomic E-state index is 12.6. The molecule has 0 fully saturated rings. The largest absolute Gasteiger partial charge is 0.496 e. The van der Waals surface area contributed by atoms with E-state index < -0.39 is 0 Å². The number of benzene rings is 2. The molecular formula is C23H25NO3S. The first-order valence-electron chi connectivity index (χ1n) is 9.06. The average Bonchev–Trinajstić information content (AvgIpc) is 2.96. The molecule has 0 spiro atoms. The van der Waals surface area contributed by atoms with Crippen LogP contribution in [0.5, 0.6) is 5.75 Å². The van der Waals surface area contributed by atoms with Crippen molar-refractivity contribution >= 4 is 39.9 Å². The molecule has 2 aromatic carbocycles. The van der Waals surface area contributed by atoms with Gasteiger partial charge in [0.05, 0.1) is 7.11 Å². The molecule has 1 N–H and O–H groups in total. The van der Waals surface area contributed by atoms with E-state index in [4.69, 9.17) is 9.15 Å². The smallest absolute Gasteiger partial charge is 0.248 e. The topological polar surface area (TPSA) is 51.5 Å². The molecule has 0 saturated carbocycles. The van der Waals surface area contributed by atoms with Gasteiger partial charge in [-0.15, -0.1) is 11.8 Å². The number of rotatable bonds is 5. The predicted octanol–water partition coefficient (Wildman–Crippen LogP) is 6.13. The third-order valence-electron chi connectivity index (χ3n) is 4.96. The monoisotopic (exact) mass is 395 g/mol. The highest BCUT2D eigenvalue weighted by Crippen LogP contribution is 2.38. The van der Waals surface area contributed by atoms with Crippen molar-refractivity contribution in [2.24, 2.45) is 0 Å². The van der Waals surface area contributed by atoms with Crippen LogP contribution in [0.4, 0.5) is 5.69 Å². The third-order valence-corrected chi connectivity index (χ3v) is 5.69. The predicted molar refractivity (Wildman–Crippen MR) is 117 cm³/mol. The molecule has 0 aliphatic rings. The highest BCUT2D eigenvalue weighted by Gasteiger charge is 2.18. The van der Waals surface area contributed by atoms with Crippen LogP contribution in [-0.4, -0.2) is 19.3 Å². The molecule has 0 saturated heterocycles. The molecule has 1 aromatic heterocycles. The number of ether oxygens (including phenoxy) is 1. The third kappa shape index (κ3) is 3.80. The molecule has 0 bridgehead atoms. The molecule has 3 aromatic rings. The average molecular weight is 396 g/mol. The highest BCUT2D eigenvalue weighted by atomic mass is 32.2. The Labute approximate surface area is 170 Å². The van der Waals surface area contributed by atoms with Crippen molar-refractivity contribution in [2.45, 2.75) is 32.6 Å². The summed E-state index contributed by atoms with van der Waals surface area (Å²) in [4.78, 5) is 13.7. The zero-order chi connectivity index (χ0) is 20.4. The first kappa shape index (κ1) is 20.1. The lowest BCUT2D eigenvalue weighted by Gasteiger charge is -2.13. The number of fused-ring (bicyclic) bond motifs is 1. The van der Waals surface area contributed by atoms with Crippen molar-refractivity contribution in [3.8, 4) is 5.75 Å². The fraction of sp³-hybridized carbons (Fsp3) is 0.261. The van der Waals surface area contributed by atoms with Gasteiger partial charge in [-0.05, 0) is 69.4 Å². The molecule has 28 heavy (non-hydrogen) atoms. The Bertz CT molecular complexity index is 1080. The number of amides is 1. The van der Waals surface area contributed by atoms with Crippen LogP contribution >= 0.6 is 11.8 Å². The Balaban J connectivity index is 1.98. The van der Waals surface area contributed by atoms with E-state index in [1.54, 1.807) is 24.9 Å². The first-order chi connectivity index (χ1) is 13.3. The van der Waals surface area contributed by atoms with Gasteiger partial charge in [0.2, 0.25) is 5.91 Å². The minimum Gasteiger partial charge on any atom is -0.496 e. The lowest BCUT2D eigenvalue weighted by atomic mass is 9.98. The summed E-state index contributed by atoms with van der Waals surface area (Å²) < 4.78 is 11.6. The summed E-state index contributed by atoms with van der Waals surface area (Å²) in [5.41, 5.74) is 5.38. The van der Waals surface area contributed by atoms with Crippen LogP contribution in [-0.2, 0) is 4.79 Å². The summed E-state index contributed by atoms with van der Waals surface area (Å²) in [6.45, 7) is 7.90. The van der Waals surface area contributed by atoms with Crippen molar-refractivity contribution < 1.29 is 13.9 Å². The number of aryl methyl sites for hydroxylation is 3. The van der Waals surface area contributed by atoms with E-state index >= 15 is 0 Å². The van der Waals surface area contributed by atoms with Gasteiger partial charge in [0.1, 0.15) is 17.1 Å². The van der Waals surface area contributed by atoms with Gasteiger partial charge in [-0.1, -0.05) is 6.07 Å². The molecule has 1 amide bonds. The first-order valence-corrected chi connectivity index (χ1v) is 10.3. The standard InChI is InChI=1S/C23H25NO3S/c1-13(10-21(25)24-17-8-7-9-18(11-17)28-6)19-12-20-14(2)16(4)27-23(20)15(3)22(19)26-5/h7-12H,1-6H3,(H,24,25)/b13-10+. The summed E-state index contributed by atoms with van der Waals surface area (Å²) in [6.07, 6.45) is 3.62. The molecule has 146 valence electrons. The van der Waals surface area contributed by atoms with Crippen molar-refractivity contribution in [3.05, 3.63) is 58.9 Å². The molecule has 0 aliphatic carbocycles. The van der Waals surface area contributed by atoms with E-state index in [2.05, 4.69) is 5.32 Å². The minimum atomic E-state index is -0.171. The van der Waals surface area contributed by atoms with Gasteiger partial charge >= 0.3 is 0 Å². The second-order valence-corrected chi connectivity index (χ2v) is 7.67. The molecule has 0 unspecified atom stereocenters. The quantitative estimate of drug-likeness (QED) is 0.417. The summed E-state index contributed by atoms with van der Waals surface area (Å²) in [5, 5.41) is 3.98. The number of thioether (sulfide) groups is 1. The number of allylic oxidation sites excluding steroid dienone is 1. The van der Waals surface area contributed by atoms with Crippen LogP contribution in [0.3, 0.4) is 0 Å². The van der Waals surface area contributed by atoms with E-state index in [-0.39, 0.29) is 5.91 Å². The summed E-state index contributed by atoms with van der Waals surface area (Å²) in [7, 11) is 1.64. The number of hydrogen-bond acceptors (Lipinski definition) is 4. The fourth-order valence-electron chi connectivity index (χ4n) is 3.32. The van der Waals surface area contributed by atoms with Crippen molar-refractivity contribution in [1.82, 2.24) is 0 Å². The van der Waals surface area contributed by atoms with Crippen molar-refractivity contribution in [2.75, 3.05) is 18.7 Å². The van der Waals surface area contributed by atoms with Crippen molar-refractivity contribution in [3.63, 3.8) is 0 Å². The summed E-state index contributed by atoms with van der Waals surface area (Å²) >= 11 is 1.64. The zero-order valence-electron chi connectivity index (χ0n) is 17.1. The zero-order valence-corrected chi connectivity index (χ0v) is 17.9. The number of anilines is 1. The van der Waals surface area contributed by atoms with Gasteiger partial charge in [0.25, 0.3) is 0 Å². The number of methoxy groups -OCH3 is 1. The normalized spacial score (nSPS) is 11.7. The van der Waals surface area contributed by atoms with E-state index in [0.717, 1.165) is 55.3 Å². The van der Waals surface area contributed by atoms with Crippen LogP contribution < -0.4 is 10.1 Å². The van der Waals surface area contributed by atoms with Gasteiger partial charge in [-0.3, -0.25) is 4.79 Å². The second-order valence-electron chi connectivity index (χ2n) is 6.79. The molecule has 0 radical (unpaired) electrons. The van der Waals surface area contributed by atoms with E-state index in [1.807, 2.05) is 64.3 Å². The van der Waals surface area contributed by atoms with Gasteiger partial charge in [-0.2, -0.15) is 0 Å². The summed E-state index contributed by atoms with van der Waals surface area (Å²) in [5.74, 6) is 1.45. The summed E-state index contributed by atoms with van der Waals surface area (Å²) in [6, 6.07) is 9.83. The Morgan fingerprint density at radius 1 is 1.18 bits per heavy atom. The lowest BCUT2D eigenvalue weighted by Crippen LogP contribution is -2.08. The van der Waals surface area contributed by atoms with E-state index in [0.29, 0.717) is 0 Å². The number of nitrogens with one attached hydrogen (secondary N) is 1. The Morgan fingerprint density at radius 2 is 1.93 bits per heavy atom. The van der Waals surface area contributed by atoms with Crippen LogP contribution in [0.25, 0.3) is 16.5 Å². The van der Waals surface area contributed by atoms with Gasteiger partial charge in [0.15, 0.2) is 0 Å². The minimum absolute atomic E-state index is 0.171. The Morgan fingerprint density at radius 3 is 2.61 bits per heavy atom. The van der Waals surface area contributed by atoms with Crippen LogP contribution in [0, 0.1) is 20.8 Å². The van der Waals surface area contributed by atoms with Gasteiger partial charge in [-0.25, -0.2) is 0 Å². The number of carbonyl (C=O) groups excluding carboxylic acids is 1. The van der Waals surface area contributed by atoms with E-state index in [1.165, 1.54) is 0 Å². The number of furan rings is 1. The van der Waals surface area contributed by atoms with Crippen LogP contribution in [0.1, 0.15) is 29.4 Å². The molecule has 0 atom stereocenters. The number of hydrogen-bond donors (Lipinski definition) is 1. The molecule has 5 heteroatoms. The second kappa shape index (κ2) is 8.15. The van der Waals surface area contributed by atoms with Crippen molar-refractivity contribution in [1.29, 1.82) is 0 Å². The molecule has 1 heterocycles. The Hall–Kier alpha value is -2.66. The molecule has 4 nitrogen and oxygen atoms in total. The van der Waals surface area contributed by atoms with Crippen LogP contribution in [0.15, 0.2) is 45.7 Å². The molecule has 3 rings (SSSR count). The molecule has 0 aliphatic heterocycles. The number of carbonyl (C=O) groups is 1. The lowest BCUT2D eigenvalue weighted by molar-refractivity contribution is -0.111. The van der Waals surface area contributed by atoms with E-state index in [9.17, 15) is 4.79 Å². The maximum Gasteiger partial charge on any atom is 0.248 e. The Kier molecular flexibility index (Phi) is 5.84. The van der Waals surface area contributed by atoms with Gasteiger partial charge < -0.3 is 14.5 Å². The molecular weight excluding hydrogens is 370 g/mol. The maximum atomic E-state index is 12.6. The fourth-order valence-corrected chi connectivity index (χ4v) is 3.78. The van der Waals surface area contributed by atoms with Gasteiger partial charge in [0, 0.05) is 33.2 Å².